The first-order chi connectivity index (χ1) is 12.3. The molecule has 1 amide bonds. The number of nitrogens with zero attached hydrogens (tertiary/aromatic N) is 1. The Kier molecular flexibility index (Phi) is 5.84. The average molecular weight is 362 g/mol. The van der Waals surface area contributed by atoms with Crippen molar-refractivity contribution in [3.8, 4) is 5.75 Å². The number of benzene rings is 2. The third-order valence-electron chi connectivity index (χ3n) is 3.34. The predicted octanol–water partition coefficient (Wildman–Crippen LogP) is 2.93. The van der Waals surface area contributed by atoms with Crippen LogP contribution in [0.25, 0.3) is 0 Å². The summed E-state index contributed by atoms with van der Waals surface area (Å²) < 4.78 is 23.0. The molecule has 0 aliphatic carbocycles. The Bertz CT molecular complexity index is 855. The van der Waals surface area contributed by atoms with E-state index in [2.05, 4.69) is 10.1 Å². The number of anilines is 1. The maximum atomic E-state index is 13.1. The average Bonchev–Trinajstić information content (AvgIpc) is 2.61. The molecule has 0 saturated carbocycles. The van der Waals surface area contributed by atoms with Crippen molar-refractivity contribution >= 4 is 23.3 Å². The van der Waals surface area contributed by atoms with E-state index < -0.39 is 34.4 Å². The van der Waals surface area contributed by atoms with Crippen LogP contribution < -0.4 is 10.1 Å². The number of amides is 1. The number of nitrogens with one attached hydrogen (secondary N) is 1. The van der Waals surface area contributed by atoms with E-state index in [0.717, 1.165) is 19.2 Å². The van der Waals surface area contributed by atoms with E-state index in [0.29, 0.717) is 0 Å². The minimum atomic E-state index is -1.11. The molecule has 2 aromatic carbocycles. The van der Waals surface area contributed by atoms with Crippen LogP contribution in [0.4, 0.5) is 15.8 Å². The molecule has 0 fully saturated rings. The third kappa shape index (κ3) is 4.53. The Hall–Kier alpha value is -3.49. The maximum Gasteiger partial charge on any atom is 0.338 e. The van der Waals surface area contributed by atoms with Crippen molar-refractivity contribution < 1.29 is 28.4 Å². The number of hydrogen-bond acceptors (Lipinski definition) is 6. The van der Waals surface area contributed by atoms with Crippen LogP contribution in [-0.4, -0.2) is 30.0 Å². The molecule has 9 heteroatoms. The summed E-state index contributed by atoms with van der Waals surface area (Å²) >= 11 is 0. The number of carbonyl (C=O) groups is 2. The quantitative estimate of drug-likeness (QED) is 0.481. The monoisotopic (exact) mass is 362 g/mol. The molecule has 1 atom stereocenters. The topological polar surface area (TPSA) is 108 Å². The fourth-order valence-electron chi connectivity index (χ4n) is 2.06. The Morgan fingerprint density at radius 2 is 1.96 bits per heavy atom. The smallest absolute Gasteiger partial charge is 0.338 e. The van der Waals surface area contributed by atoms with Crippen molar-refractivity contribution in [1.82, 2.24) is 0 Å². The zero-order valence-corrected chi connectivity index (χ0v) is 13.9. The molecule has 0 aromatic heterocycles. The molecule has 8 nitrogen and oxygen atoms in total. The van der Waals surface area contributed by atoms with Gasteiger partial charge in [-0.05, 0) is 37.3 Å². The van der Waals surface area contributed by atoms with Gasteiger partial charge < -0.3 is 14.8 Å². The summed E-state index contributed by atoms with van der Waals surface area (Å²) in [6, 6.07) is 8.74. The number of methoxy groups -OCH3 is 1. The van der Waals surface area contributed by atoms with E-state index in [-0.39, 0.29) is 17.0 Å². The highest BCUT2D eigenvalue weighted by molar-refractivity contribution is 5.94. The number of esters is 1. The van der Waals surface area contributed by atoms with Gasteiger partial charge in [0.2, 0.25) is 0 Å². The first-order valence-corrected chi connectivity index (χ1v) is 7.41. The van der Waals surface area contributed by atoms with E-state index >= 15 is 0 Å². The molecule has 1 N–H and O–H groups in total. The van der Waals surface area contributed by atoms with E-state index in [1.54, 1.807) is 0 Å². The molecule has 0 spiro atoms. The standard InChI is InChI=1S/C17H15FN2O6/c1-10(16(21)19-13-5-3-4-12(18)9-13)26-15-7-6-11(17(22)25-2)8-14(15)20(23)24/h3-10H,1-2H3,(H,19,21)/t10-/m0/s1. The first kappa shape index (κ1) is 18.8. The fraction of sp³-hybridized carbons (Fsp3) is 0.176. The van der Waals surface area contributed by atoms with Crippen LogP contribution in [-0.2, 0) is 9.53 Å². The zero-order chi connectivity index (χ0) is 19.3. The second kappa shape index (κ2) is 8.06. The minimum absolute atomic E-state index is 0.0246. The molecule has 0 saturated heterocycles. The second-order valence-electron chi connectivity index (χ2n) is 5.19. The van der Waals surface area contributed by atoms with Crippen LogP contribution in [0.5, 0.6) is 5.75 Å². The predicted molar refractivity (Wildman–Crippen MR) is 89.6 cm³/mol. The molecular formula is C17H15FN2O6. The van der Waals surface area contributed by atoms with Crippen molar-refractivity contribution in [2.24, 2.45) is 0 Å². The number of nitro benzene ring substituents is 1. The SMILES string of the molecule is COC(=O)c1ccc(O[C@@H](C)C(=O)Nc2cccc(F)c2)c([N+](=O)[O-])c1. The molecule has 0 bridgehead atoms. The number of halogens is 1. The van der Waals surface area contributed by atoms with Crippen LogP contribution in [0.3, 0.4) is 0 Å². The van der Waals surface area contributed by atoms with Crippen LogP contribution in [0.1, 0.15) is 17.3 Å². The Morgan fingerprint density at radius 3 is 2.58 bits per heavy atom. The second-order valence-corrected chi connectivity index (χ2v) is 5.19. The molecule has 26 heavy (non-hydrogen) atoms. The molecule has 136 valence electrons. The van der Waals surface area contributed by atoms with Crippen molar-refractivity contribution in [1.29, 1.82) is 0 Å². The Morgan fingerprint density at radius 1 is 1.23 bits per heavy atom. The number of carbonyl (C=O) groups excluding carboxylic acids is 2. The lowest BCUT2D eigenvalue weighted by Crippen LogP contribution is -2.30. The van der Waals surface area contributed by atoms with E-state index in [1.165, 1.54) is 37.3 Å². The van der Waals surface area contributed by atoms with Crippen LogP contribution in [0.15, 0.2) is 42.5 Å². The summed E-state index contributed by atoms with van der Waals surface area (Å²) in [6.07, 6.45) is -1.11. The summed E-state index contributed by atoms with van der Waals surface area (Å²) in [4.78, 5) is 34.1. The van der Waals surface area contributed by atoms with E-state index in [4.69, 9.17) is 4.74 Å². The highest BCUT2D eigenvalue weighted by atomic mass is 19.1. The van der Waals surface area contributed by atoms with Crippen LogP contribution >= 0.6 is 0 Å². The fourth-order valence-corrected chi connectivity index (χ4v) is 2.06. The largest absolute Gasteiger partial charge is 0.474 e. The third-order valence-corrected chi connectivity index (χ3v) is 3.34. The highest BCUT2D eigenvalue weighted by Crippen LogP contribution is 2.29. The molecule has 2 rings (SSSR count). The Labute approximate surface area is 147 Å². The first-order valence-electron chi connectivity index (χ1n) is 7.41. The lowest BCUT2D eigenvalue weighted by atomic mass is 10.2. The van der Waals surface area contributed by atoms with Gasteiger partial charge in [-0.3, -0.25) is 14.9 Å². The molecule has 0 aliphatic rings. The van der Waals surface area contributed by atoms with Crippen molar-refractivity contribution in [3.05, 3.63) is 64.0 Å². The zero-order valence-electron chi connectivity index (χ0n) is 13.9. The van der Waals surface area contributed by atoms with E-state index in [1.807, 2.05) is 0 Å². The summed E-state index contributed by atoms with van der Waals surface area (Å²) in [5, 5.41) is 13.6. The van der Waals surface area contributed by atoms with Gasteiger partial charge in [0.15, 0.2) is 11.9 Å². The van der Waals surface area contributed by atoms with Crippen molar-refractivity contribution in [2.45, 2.75) is 13.0 Å². The molecule has 0 unspecified atom stereocenters. The van der Waals surface area contributed by atoms with Crippen LogP contribution in [0.2, 0.25) is 0 Å². The van der Waals surface area contributed by atoms with Gasteiger partial charge in [0.25, 0.3) is 5.91 Å². The van der Waals surface area contributed by atoms with Crippen LogP contribution in [0, 0.1) is 15.9 Å². The lowest BCUT2D eigenvalue weighted by molar-refractivity contribution is -0.386. The summed E-state index contributed by atoms with van der Waals surface area (Å²) in [7, 11) is 1.15. The van der Waals surface area contributed by atoms with Crippen molar-refractivity contribution in [2.75, 3.05) is 12.4 Å². The van der Waals surface area contributed by atoms with Gasteiger partial charge in [-0.2, -0.15) is 0 Å². The number of nitro groups is 1. The molecule has 0 aliphatic heterocycles. The molecule has 0 radical (unpaired) electrons. The van der Waals surface area contributed by atoms with Gasteiger partial charge in [0.05, 0.1) is 17.6 Å². The van der Waals surface area contributed by atoms with E-state index in [9.17, 15) is 24.1 Å². The number of hydrogen-bond donors (Lipinski definition) is 1. The molecular weight excluding hydrogens is 347 g/mol. The van der Waals surface area contributed by atoms with Gasteiger partial charge in [0.1, 0.15) is 5.82 Å². The number of ether oxygens (including phenoxy) is 2. The molecule has 0 heterocycles. The number of rotatable bonds is 6. The summed E-state index contributed by atoms with van der Waals surface area (Å²) in [5.41, 5.74) is -0.289. The van der Waals surface area contributed by atoms with Gasteiger partial charge in [-0.15, -0.1) is 0 Å². The molecule has 2 aromatic rings. The van der Waals surface area contributed by atoms with Crippen molar-refractivity contribution in [3.63, 3.8) is 0 Å². The van der Waals surface area contributed by atoms with Gasteiger partial charge in [-0.1, -0.05) is 6.07 Å². The minimum Gasteiger partial charge on any atom is -0.474 e. The Balaban J connectivity index is 2.17. The summed E-state index contributed by atoms with van der Waals surface area (Å²) in [5.74, 6) is -2.08. The normalized spacial score (nSPS) is 11.3. The lowest BCUT2D eigenvalue weighted by Gasteiger charge is -2.15. The maximum absolute atomic E-state index is 13.1. The van der Waals surface area contributed by atoms with Gasteiger partial charge in [0, 0.05) is 11.8 Å². The summed E-state index contributed by atoms with van der Waals surface area (Å²) in [6.45, 7) is 1.38. The van der Waals surface area contributed by atoms with Gasteiger partial charge >= 0.3 is 11.7 Å². The van der Waals surface area contributed by atoms with Gasteiger partial charge in [-0.25, -0.2) is 9.18 Å². The highest BCUT2D eigenvalue weighted by Gasteiger charge is 2.23.